The molecule has 1 saturated heterocycles. The number of carbonyl (C=O) groups is 2. The van der Waals surface area contributed by atoms with Crippen molar-refractivity contribution in [1.29, 1.82) is 0 Å². The third-order valence-corrected chi connectivity index (χ3v) is 8.08. The summed E-state index contributed by atoms with van der Waals surface area (Å²) in [5.41, 5.74) is 6.07. The molecule has 3 N–H and O–H groups in total. The molecular formula is C20H23N3O6S2. The summed E-state index contributed by atoms with van der Waals surface area (Å²) in [7, 11) is -6.89. The highest BCUT2D eigenvalue weighted by atomic mass is 32.2. The van der Waals surface area contributed by atoms with Gasteiger partial charge in [0, 0.05) is 17.7 Å². The minimum Gasteiger partial charge on any atom is -0.280 e. The van der Waals surface area contributed by atoms with Crippen LogP contribution in [0.5, 0.6) is 0 Å². The molecule has 0 aliphatic carbocycles. The molecule has 1 atom stereocenters. The summed E-state index contributed by atoms with van der Waals surface area (Å²) in [6.07, 6.45) is 0.428. The van der Waals surface area contributed by atoms with E-state index in [1.165, 1.54) is 24.3 Å². The average Bonchev–Trinajstić information content (AvgIpc) is 3.06. The molecular weight excluding hydrogens is 442 g/mol. The van der Waals surface area contributed by atoms with Crippen molar-refractivity contribution in [2.75, 3.05) is 16.2 Å². The molecule has 0 saturated carbocycles. The van der Waals surface area contributed by atoms with E-state index in [4.69, 9.17) is 0 Å². The SMILES string of the molecule is Cc1ccc(NS(=O)(=O)c2ccc(C(=O)NNC(=O)CC3CCS(=O)(=O)C3)cc2)cc1. The van der Waals surface area contributed by atoms with Crippen LogP contribution in [0, 0.1) is 12.8 Å². The summed E-state index contributed by atoms with van der Waals surface area (Å²) in [4.78, 5) is 24.1. The molecule has 0 spiro atoms. The van der Waals surface area contributed by atoms with Crippen LogP contribution in [0.1, 0.15) is 28.8 Å². The Hall–Kier alpha value is -2.92. The zero-order valence-corrected chi connectivity index (χ0v) is 18.4. The Kier molecular flexibility index (Phi) is 6.65. The first-order chi connectivity index (χ1) is 14.5. The second-order valence-corrected chi connectivity index (χ2v) is 11.4. The molecule has 0 radical (unpaired) electrons. The van der Waals surface area contributed by atoms with E-state index < -0.39 is 31.7 Å². The number of benzene rings is 2. The molecule has 3 rings (SSSR count). The first-order valence-electron chi connectivity index (χ1n) is 9.53. The second kappa shape index (κ2) is 9.06. The zero-order chi connectivity index (χ0) is 22.6. The van der Waals surface area contributed by atoms with Crippen LogP contribution < -0.4 is 15.6 Å². The number of aryl methyl sites for hydroxylation is 1. The van der Waals surface area contributed by atoms with Crippen LogP contribution in [0.15, 0.2) is 53.4 Å². The molecule has 1 heterocycles. The van der Waals surface area contributed by atoms with Crippen LogP contribution in [0.2, 0.25) is 0 Å². The average molecular weight is 466 g/mol. The lowest BCUT2D eigenvalue weighted by molar-refractivity contribution is -0.122. The maximum absolute atomic E-state index is 12.5. The van der Waals surface area contributed by atoms with Crippen molar-refractivity contribution in [3.05, 3.63) is 59.7 Å². The standard InChI is InChI=1S/C20H23N3O6S2/c1-14-2-6-17(7-3-14)23-31(28,29)18-8-4-16(5-9-18)20(25)22-21-19(24)12-15-10-11-30(26,27)13-15/h2-9,15,23H,10-13H2,1H3,(H,21,24)(H,22,25). The van der Waals surface area contributed by atoms with Gasteiger partial charge in [0.05, 0.1) is 16.4 Å². The van der Waals surface area contributed by atoms with E-state index in [2.05, 4.69) is 15.6 Å². The Labute approximate surface area is 181 Å². The third kappa shape index (κ3) is 6.28. The molecule has 1 unspecified atom stereocenters. The van der Waals surface area contributed by atoms with Crippen LogP contribution in [-0.2, 0) is 24.7 Å². The molecule has 2 aromatic rings. The summed E-state index contributed by atoms with van der Waals surface area (Å²) in [6, 6.07) is 12.1. The lowest BCUT2D eigenvalue weighted by Gasteiger charge is -2.11. The number of carbonyl (C=O) groups excluding carboxylic acids is 2. The van der Waals surface area contributed by atoms with Gasteiger partial charge in [-0.1, -0.05) is 17.7 Å². The van der Waals surface area contributed by atoms with Crippen molar-refractivity contribution in [3.8, 4) is 0 Å². The first kappa shape index (κ1) is 22.8. The Balaban J connectivity index is 1.54. The van der Waals surface area contributed by atoms with E-state index in [-0.39, 0.29) is 34.3 Å². The monoisotopic (exact) mass is 465 g/mol. The van der Waals surface area contributed by atoms with Crippen molar-refractivity contribution in [1.82, 2.24) is 10.9 Å². The van der Waals surface area contributed by atoms with Gasteiger partial charge in [0.1, 0.15) is 0 Å². The number of hydrazine groups is 1. The van der Waals surface area contributed by atoms with Crippen LogP contribution in [0.25, 0.3) is 0 Å². The molecule has 1 aliphatic rings. The van der Waals surface area contributed by atoms with Gasteiger partial charge in [0.2, 0.25) is 5.91 Å². The van der Waals surface area contributed by atoms with E-state index in [1.54, 1.807) is 24.3 Å². The topological polar surface area (TPSA) is 139 Å². The molecule has 1 fully saturated rings. The first-order valence-corrected chi connectivity index (χ1v) is 12.8. The normalized spacial score (nSPS) is 17.6. The number of sulfone groups is 1. The number of nitrogens with one attached hydrogen (secondary N) is 3. The van der Waals surface area contributed by atoms with Crippen molar-refractivity contribution < 1.29 is 26.4 Å². The number of hydrogen-bond acceptors (Lipinski definition) is 6. The van der Waals surface area contributed by atoms with Crippen LogP contribution in [-0.4, -0.2) is 40.2 Å². The fourth-order valence-electron chi connectivity index (χ4n) is 3.17. The number of sulfonamides is 1. The molecule has 9 nitrogen and oxygen atoms in total. The van der Waals surface area contributed by atoms with Gasteiger partial charge in [-0.15, -0.1) is 0 Å². The fraction of sp³-hybridized carbons (Fsp3) is 0.300. The van der Waals surface area contributed by atoms with E-state index in [0.29, 0.717) is 12.1 Å². The van der Waals surface area contributed by atoms with E-state index in [1.807, 2.05) is 6.92 Å². The van der Waals surface area contributed by atoms with Gasteiger partial charge >= 0.3 is 0 Å². The maximum Gasteiger partial charge on any atom is 0.269 e. The molecule has 166 valence electrons. The maximum atomic E-state index is 12.5. The molecule has 31 heavy (non-hydrogen) atoms. The highest BCUT2D eigenvalue weighted by Gasteiger charge is 2.29. The molecule has 11 heteroatoms. The van der Waals surface area contributed by atoms with E-state index in [0.717, 1.165) is 5.56 Å². The van der Waals surface area contributed by atoms with Crippen molar-refractivity contribution in [2.45, 2.75) is 24.7 Å². The van der Waals surface area contributed by atoms with Gasteiger partial charge in [-0.25, -0.2) is 16.8 Å². The highest BCUT2D eigenvalue weighted by molar-refractivity contribution is 7.92. The predicted octanol–water partition coefficient (Wildman–Crippen LogP) is 1.38. The minimum atomic E-state index is -3.82. The Bertz CT molecular complexity index is 1170. The quantitative estimate of drug-likeness (QED) is 0.551. The predicted molar refractivity (Wildman–Crippen MR) is 115 cm³/mol. The molecule has 0 bridgehead atoms. The van der Waals surface area contributed by atoms with Crippen LogP contribution >= 0.6 is 0 Å². The summed E-state index contributed by atoms with van der Waals surface area (Å²) in [5.74, 6) is -1.32. The summed E-state index contributed by atoms with van der Waals surface area (Å²) < 4.78 is 50.3. The van der Waals surface area contributed by atoms with Gasteiger partial charge in [0.25, 0.3) is 15.9 Å². The number of amides is 2. The largest absolute Gasteiger partial charge is 0.280 e. The Morgan fingerprint density at radius 2 is 1.65 bits per heavy atom. The highest BCUT2D eigenvalue weighted by Crippen LogP contribution is 2.21. The molecule has 1 aliphatic heterocycles. The molecule has 2 aromatic carbocycles. The lowest BCUT2D eigenvalue weighted by Crippen LogP contribution is -2.42. The third-order valence-electron chi connectivity index (χ3n) is 4.85. The fourth-order valence-corrected chi connectivity index (χ4v) is 6.09. The Morgan fingerprint density at radius 1 is 1.00 bits per heavy atom. The van der Waals surface area contributed by atoms with Crippen molar-refractivity contribution in [3.63, 3.8) is 0 Å². The summed E-state index contributed by atoms with van der Waals surface area (Å²) >= 11 is 0. The smallest absolute Gasteiger partial charge is 0.269 e. The van der Waals surface area contributed by atoms with Gasteiger partial charge in [-0.05, 0) is 55.7 Å². The number of rotatable bonds is 6. The minimum absolute atomic E-state index is 0.00136. The van der Waals surface area contributed by atoms with E-state index in [9.17, 15) is 26.4 Å². The number of hydrogen-bond donors (Lipinski definition) is 3. The lowest BCUT2D eigenvalue weighted by atomic mass is 10.1. The van der Waals surface area contributed by atoms with Gasteiger partial charge in [-0.2, -0.15) is 0 Å². The zero-order valence-electron chi connectivity index (χ0n) is 16.8. The summed E-state index contributed by atoms with van der Waals surface area (Å²) in [5, 5.41) is 0. The van der Waals surface area contributed by atoms with Crippen molar-refractivity contribution >= 4 is 37.4 Å². The Morgan fingerprint density at radius 3 is 2.23 bits per heavy atom. The summed E-state index contributed by atoms with van der Waals surface area (Å²) in [6.45, 7) is 1.89. The van der Waals surface area contributed by atoms with E-state index >= 15 is 0 Å². The van der Waals surface area contributed by atoms with Gasteiger partial charge in [0.15, 0.2) is 9.84 Å². The van der Waals surface area contributed by atoms with Crippen LogP contribution in [0.3, 0.4) is 0 Å². The molecule has 2 amide bonds. The molecule has 0 aromatic heterocycles. The van der Waals surface area contributed by atoms with Gasteiger partial charge < -0.3 is 0 Å². The van der Waals surface area contributed by atoms with Crippen LogP contribution in [0.4, 0.5) is 5.69 Å². The number of anilines is 1. The van der Waals surface area contributed by atoms with Gasteiger partial charge in [-0.3, -0.25) is 25.2 Å². The second-order valence-electron chi connectivity index (χ2n) is 7.47. The van der Waals surface area contributed by atoms with Crippen molar-refractivity contribution in [2.24, 2.45) is 5.92 Å².